The van der Waals surface area contributed by atoms with Gasteiger partial charge in [0.2, 0.25) is 5.91 Å². The number of amides is 1. The summed E-state index contributed by atoms with van der Waals surface area (Å²) in [7, 11) is 0. The van der Waals surface area contributed by atoms with Gasteiger partial charge in [-0.1, -0.05) is 30.3 Å². The number of carboxylic acid groups (broad SMARTS) is 1. The van der Waals surface area contributed by atoms with Gasteiger partial charge in [0.05, 0.1) is 6.04 Å². The molecule has 2 rings (SSSR count). The van der Waals surface area contributed by atoms with Crippen molar-refractivity contribution in [2.24, 2.45) is 0 Å². The molecule has 0 fully saturated rings. The summed E-state index contributed by atoms with van der Waals surface area (Å²) in [6.45, 7) is 2.96. The zero-order chi connectivity index (χ0) is 22.1. The van der Waals surface area contributed by atoms with Crippen LogP contribution >= 0.6 is 0 Å². The van der Waals surface area contributed by atoms with Crippen LogP contribution in [0.3, 0.4) is 0 Å². The van der Waals surface area contributed by atoms with Gasteiger partial charge in [-0.3, -0.25) is 14.9 Å². The number of carboxylic acids is 1. The maximum Gasteiger partial charge on any atom is 0.333 e. The van der Waals surface area contributed by atoms with Crippen LogP contribution < -0.4 is 15.4 Å². The number of ether oxygens (including phenoxy) is 1. The fraction of sp³-hybridized carbons (Fsp3) is 0.318. The van der Waals surface area contributed by atoms with E-state index in [-0.39, 0.29) is 5.75 Å². The highest BCUT2D eigenvalue weighted by Crippen LogP contribution is 2.12. The van der Waals surface area contributed by atoms with Crippen LogP contribution in [-0.2, 0) is 20.8 Å². The number of halogens is 1. The fourth-order valence-corrected chi connectivity index (χ4v) is 2.72. The lowest BCUT2D eigenvalue weighted by Gasteiger charge is -2.21. The Morgan fingerprint density at radius 3 is 2.23 bits per heavy atom. The quantitative estimate of drug-likeness (QED) is 0.406. The molecule has 2 aromatic carbocycles. The van der Waals surface area contributed by atoms with Gasteiger partial charge in [0.1, 0.15) is 23.7 Å². The van der Waals surface area contributed by atoms with Crippen LogP contribution in [0.15, 0.2) is 54.6 Å². The molecule has 2 aromatic rings. The lowest BCUT2D eigenvalue weighted by molar-refractivity contribution is -0.141. The number of carbonyl (C=O) groups excluding carboxylic acids is 2. The molecular weight excluding hydrogens is 391 g/mol. The topological polar surface area (TPSA) is 105 Å². The first-order valence-electron chi connectivity index (χ1n) is 9.56. The first-order valence-corrected chi connectivity index (χ1v) is 9.56. The van der Waals surface area contributed by atoms with E-state index in [0.29, 0.717) is 12.8 Å². The van der Waals surface area contributed by atoms with E-state index >= 15 is 0 Å². The summed E-state index contributed by atoms with van der Waals surface area (Å²) in [4.78, 5) is 36.0. The number of esters is 1. The van der Waals surface area contributed by atoms with Crippen molar-refractivity contribution in [3.8, 4) is 5.75 Å². The Morgan fingerprint density at radius 1 is 1.00 bits per heavy atom. The van der Waals surface area contributed by atoms with Gasteiger partial charge in [0, 0.05) is 0 Å². The summed E-state index contributed by atoms with van der Waals surface area (Å²) >= 11 is 0. The summed E-state index contributed by atoms with van der Waals surface area (Å²) in [6, 6.07) is 11.6. The molecule has 8 heteroatoms. The third kappa shape index (κ3) is 7.29. The summed E-state index contributed by atoms with van der Waals surface area (Å²) in [5.74, 6) is -2.63. The van der Waals surface area contributed by atoms with E-state index in [4.69, 9.17) is 4.74 Å². The molecule has 0 spiro atoms. The second kappa shape index (κ2) is 11.1. The van der Waals surface area contributed by atoms with Crippen molar-refractivity contribution in [1.82, 2.24) is 10.6 Å². The number of aliphatic carboxylic acids is 1. The van der Waals surface area contributed by atoms with E-state index in [2.05, 4.69) is 10.6 Å². The van der Waals surface area contributed by atoms with Crippen LogP contribution in [0.4, 0.5) is 4.39 Å². The molecule has 0 bridgehead atoms. The SMILES string of the molecule is C[C@H](NC(CCc1ccccc1)C(=O)O)C(=O)N[C@@H](C)C(=O)Oc1ccc(F)cc1. The maximum absolute atomic E-state index is 12.9. The number of rotatable bonds is 10. The van der Waals surface area contributed by atoms with Crippen LogP contribution in [0, 0.1) is 5.82 Å². The minimum Gasteiger partial charge on any atom is -0.480 e. The van der Waals surface area contributed by atoms with Crippen molar-refractivity contribution >= 4 is 17.8 Å². The van der Waals surface area contributed by atoms with Gasteiger partial charge in [0.25, 0.3) is 0 Å². The zero-order valence-electron chi connectivity index (χ0n) is 16.8. The predicted molar refractivity (Wildman–Crippen MR) is 108 cm³/mol. The smallest absolute Gasteiger partial charge is 0.333 e. The zero-order valence-corrected chi connectivity index (χ0v) is 16.8. The number of benzene rings is 2. The van der Waals surface area contributed by atoms with Gasteiger partial charge in [-0.2, -0.15) is 0 Å². The molecule has 1 unspecified atom stereocenters. The minimum atomic E-state index is -1.06. The van der Waals surface area contributed by atoms with Crippen molar-refractivity contribution in [1.29, 1.82) is 0 Å². The van der Waals surface area contributed by atoms with E-state index in [9.17, 15) is 23.9 Å². The monoisotopic (exact) mass is 416 g/mol. The van der Waals surface area contributed by atoms with Crippen LogP contribution in [0.5, 0.6) is 5.75 Å². The summed E-state index contributed by atoms with van der Waals surface area (Å²) in [5, 5.41) is 14.7. The summed E-state index contributed by atoms with van der Waals surface area (Å²) < 4.78 is 18.0. The summed E-state index contributed by atoms with van der Waals surface area (Å²) in [6.07, 6.45) is 0.846. The average Bonchev–Trinajstić information content (AvgIpc) is 2.72. The van der Waals surface area contributed by atoms with Crippen LogP contribution in [-0.4, -0.2) is 41.1 Å². The minimum absolute atomic E-state index is 0.153. The van der Waals surface area contributed by atoms with Crippen molar-refractivity contribution < 1.29 is 28.6 Å². The molecule has 160 valence electrons. The Balaban J connectivity index is 1.85. The fourth-order valence-electron chi connectivity index (χ4n) is 2.72. The standard InChI is InChI=1S/C22H25FN2O5/c1-14(24-19(21(27)28)13-8-16-6-4-3-5-7-16)20(26)25-15(2)22(29)30-18-11-9-17(23)10-12-18/h3-7,9-12,14-15,19,24H,8,13H2,1-2H3,(H,25,26)(H,27,28)/t14-,15-,19?/m0/s1. The number of aryl methyl sites for hydroxylation is 1. The number of hydrogen-bond acceptors (Lipinski definition) is 5. The molecule has 3 N–H and O–H groups in total. The van der Waals surface area contributed by atoms with Gasteiger partial charge in [0.15, 0.2) is 0 Å². The summed E-state index contributed by atoms with van der Waals surface area (Å²) in [5.41, 5.74) is 1.000. The molecule has 30 heavy (non-hydrogen) atoms. The normalized spacial score (nSPS) is 13.7. The van der Waals surface area contributed by atoms with Crippen LogP contribution in [0.2, 0.25) is 0 Å². The molecule has 0 saturated carbocycles. The molecule has 1 amide bonds. The Bertz CT molecular complexity index is 858. The predicted octanol–water partition coefficient (Wildman–Crippen LogP) is 2.30. The number of nitrogens with one attached hydrogen (secondary N) is 2. The second-order valence-electron chi connectivity index (χ2n) is 6.91. The molecule has 0 aliphatic carbocycles. The van der Waals surface area contributed by atoms with Gasteiger partial charge >= 0.3 is 11.9 Å². The molecule has 3 atom stereocenters. The largest absolute Gasteiger partial charge is 0.480 e. The highest BCUT2D eigenvalue weighted by Gasteiger charge is 2.25. The Kier molecular flexibility index (Phi) is 8.49. The molecule has 0 aliphatic heterocycles. The van der Waals surface area contributed by atoms with E-state index in [1.165, 1.54) is 26.0 Å². The molecule has 0 aliphatic rings. The van der Waals surface area contributed by atoms with E-state index in [1.54, 1.807) is 0 Å². The molecule has 0 saturated heterocycles. The Morgan fingerprint density at radius 2 is 1.63 bits per heavy atom. The van der Waals surface area contributed by atoms with Crippen LogP contribution in [0.25, 0.3) is 0 Å². The highest BCUT2D eigenvalue weighted by atomic mass is 19.1. The van der Waals surface area contributed by atoms with Crippen LogP contribution in [0.1, 0.15) is 25.8 Å². The van der Waals surface area contributed by atoms with E-state index < -0.39 is 41.8 Å². The molecule has 0 heterocycles. The van der Waals surface area contributed by atoms with Crippen molar-refractivity contribution in [3.05, 3.63) is 66.0 Å². The highest BCUT2D eigenvalue weighted by molar-refractivity contribution is 5.88. The lowest BCUT2D eigenvalue weighted by Crippen LogP contribution is -2.52. The molecule has 7 nitrogen and oxygen atoms in total. The number of carbonyl (C=O) groups is 3. The van der Waals surface area contributed by atoms with E-state index in [1.807, 2.05) is 30.3 Å². The van der Waals surface area contributed by atoms with E-state index in [0.717, 1.165) is 17.7 Å². The third-order valence-corrected chi connectivity index (χ3v) is 4.45. The third-order valence-electron chi connectivity index (χ3n) is 4.45. The molecular formula is C22H25FN2O5. The van der Waals surface area contributed by atoms with Crippen molar-refractivity contribution in [2.75, 3.05) is 0 Å². The van der Waals surface area contributed by atoms with Gasteiger partial charge in [-0.15, -0.1) is 0 Å². The lowest BCUT2D eigenvalue weighted by atomic mass is 10.0. The van der Waals surface area contributed by atoms with Crippen molar-refractivity contribution in [2.45, 2.75) is 44.8 Å². The second-order valence-corrected chi connectivity index (χ2v) is 6.91. The first-order chi connectivity index (χ1) is 14.3. The average molecular weight is 416 g/mol. The number of hydrogen-bond donors (Lipinski definition) is 3. The maximum atomic E-state index is 12.9. The molecule has 0 radical (unpaired) electrons. The van der Waals surface area contributed by atoms with Gasteiger partial charge in [-0.25, -0.2) is 9.18 Å². The van der Waals surface area contributed by atoms with Gasteiger partial charge < -0.3 is 15.2 Å². The Labute approximate surface area is 174 Å². The first kappa shape index (κ1) is 23.0. The van der Waals surface area contributed by atoms with Crippen molar-refractivity contribution in [3.63, 3.8) is 0 Å². The Hall–Kier alpha value is -3.26. The van der Waals surface area contributed by atoms with Gasteiger partial charge in [-0.05, 0) is 56.5 Å². The molecule has 0 aromatic heterocycles.